The number of hydrogen-bond acceptors (Lipinski definition) is 9. The normalized spacial score (nSPS) is 14.1. The first-order valence-electron chi connectivity index (χ1n) is 12.6. The first kappa shape index (κ1) is 27.2. The predicted molar refractivity (Wildman–Crippen MR) is 153 cm³/mol. The van der Waals surface area contributed by atoms with Gasteiger partial charge in [0, 0.05) is 55.6 Å². The molecule has 1 amide bonds. The van der Waals surface area contributed by atoms with Crippen LogP contribution in [0.1, 0.15) is 10.4 Å². The topological polar surface area (TPSA) is 126 Å². The molecule has 11 nitrogen and oxygen atoms in total. The van der Waals surface area contributed by atoms with Crippen LogP contribution in [-0.2, 0) is 10.0 Å². The van der Waals surface area contributed by atoms with Crippen LogP contribution in [0, 0.1) is 0 Å². The molecule has 1 aliphatic rings. The Morgan fingerprint density at radius 2 is 1.40 bits per heavy atom. The second kappa shape index (κ2) is 11.4. The fraction of sp³-hybridized carbons (Fsp3) is 0.250. The number of anilines is 3. The van der Waals surface area contributed by atoms with Crippen molar-refractivity contribution in [3.8, 4) is 11.5 Å². The lowest BCUT2D eigenvalue weighted by Gasteiger charge is -2.32. The first-order chi connectivity index (χ1) is 19.3. The van der Waals surface area contributed by atoms with Gasteiger partial charge in [0.15, 0.2) is 11.6 Å². The van der Waals surface area contributed by atoms with E-state index < -0.39 is 10.0 Å². The van der Waals surface area contributed by atoms with E-state index in [2.05, 4.69) is 24.9 Å². The molecule has 0 saturated carbocycles. The van der Waals surface area contributed by atoms with Gasteiger partial charge in [-0.2, -0.15) is 0 Å². The standard InChI is InChI=1S/C28H30N6O5S/c1-33-12-14-34(15-13-33)28(35)19-8-10-23(11-9-19)40(36,37)32-27-26(30-24-6-4-5-7-25(24)31-27)29-20-16-21(38-2)18-22(17-20)39-3/h4-11,16-18H,12-15H2,1-3H3,(H,29,30)(H,31,32). The summed E-state index contributed by atoms with van der Waals surface area (Å²) < 4.78 is 40.1. The number of carbonyl (C=O) groups excluding carboxylic acids is 1. The van der Waals surface area contributed by atoms with Gasteiger partial charge in [-0.15, -0.1) is 0 Å². The molecule has 0 radical (unpaired) electrons. The highest BCUT2D eigenvalue weighted by molar-refractivity contribution is 7.92. The summed E-state index contributed by atoms with van der Waals surface area (Å²) in [6.45, 7) is 2.86. The molecule has 3 aromatic carbocycles. The zero-order valence-corrected chi connectivity index (χ0v) is 23.2. The van der Waals surface area contributed by atoms with Crippen molar-refractivity contribution in [2.75, 3.05) is 57.5 Å². The van der Waals surface area contributed by atoms with Gasteiger partial charge >= 0.3 is 0 Å². The average molecular weight is 563 g/mol. The molecule has 1 fully saturated rings. The van der Waals surface area contributed by atoms with Crippen LogP contribution in [-0.4, -0.2) is 81.5 Å². The third-order valence-corrected chi connectivity index (χ3v) is 7.97. The highest BCUT2D eigenvalue weighted by Crippen LogP contribution is 2.31. The summed E-state index contributed by atoms with van der Waals surface area (Å²) in [7, 11) is 1.03. The number of piperazine rings is 1. The van der Waals surface area contributed by atoms with Crippen molar-refractivity contribution in [3.63, 3.8) is 0 Å². The van der Waals surface area contributed by atoms with Gasteiger partial charge in [-0.1, -0.05) is 12.1 Å². The van der Waals surface area contributed by atoms with Gasteiger partial charge in [-0.05, 0) is 43.4 Å². The lowest BCUT2D eigenvalue weighted by Crippen LogP contribution is -2.47. The van der Waals surface area contributed by atoms with Gasteiger partial charge in [-0.3, -0.25) is 9.52 Å². The maximum Gasteiger partial charge on any atom is 0.263 e. The average Bonchev–Trinajstić information content (AvgIpc) is 2.97. The molecule has 0 spiro atoms. The zero-order valence-electron chi connectivity index (χ0n) is 22.4. The molecule has 12 heteroatoms. The Kier molecular flexibility index (Phi) is 7.71. The second-order valence-corrected chi connectivity index (χ2v) is 11.0. The molecule has 0 aliphatic carbocycles. The largest absolute Gasteiger partial charge is 0.497 e. The number of benzene rings is 3. The Labute approximate surface area is 232 Å². The zero-order chi connectivity index (χ0) is 28.3. The fourth-order valence-electron chi connectivity index (χ4n) is 4.33. The highest BCUT2D eigenvalue weighted by atomic mass is 32.2. The van der Waals surface area contributed by atoms with Gasteiger partial charge in [0.05, 0.1) is 30.1 Å². The quantitative estimate of drug-likeness (QED) is 0.331. The van der Waals surface area contributed by atoms with Gasteiger partial charge in [0.2, 0.25) is 0 Å². The Hall–Kier alpha value is -4.42. The maximum absolute atomic E-state index is 13.4. The third kappa shape index (κ3) is 5.92. The summed E-state index contributed by atoms with van der Waals surface area (Å²) in [6, 6.07) is 18.2. The third-order valence-electron chi connectivity index (χ3n) is 6.62. The number of sulfonamides is 1. The second-order valence-electron chi connectivity index (χ2n) is 9.36. The van der Waals surface area contributed by atoms with Crippen molar-refractivity contribution in [2.24, 2.45) is 0 Å². The predicted octanol–water partition coefficient (Wildman–Crippen LogP) is 3.58. The molecule has 4 aromatic rings. The van der Waals surface area contributed by atoms with E-state index in [1.165, 1.54) is 38.5 Å². The molecule has 5 rings (SSSR count). The van der Waals surface area contributed by atoms with Gasteiger partial charge in [0.1, 0.15) is 11.5 Å². The van der Waals surface area contributed by atoms with E-state index in [1.807, 2.05) is 13.1 Å². The minimum atomic E-state index is -4.07. The van der Waals surface area contributed by atoms with Crippen LogP contribution in [0.15, 0.2) is 71.6 Å². The number of fused-ring (bicyclic) bond motifs is 1. The van der Waals surface area contributed by atoms with E-state index in [-0.39, 0.29) is 22.4 Å². The van der Waals surface area contributed by atoms with Crippen molar-refractivity contribution in [3.05, 3.63) is 72.3 Å². The Morgan fingerprint density at radius 1 is 0.825 bits per heavy atom. The van der Waals surface area contributed by atoms with Gasteiger partial charge < -0.3 is 24.6 Å². The first-order valence-corrected chi connectivity index (χ1v) is 14.1. The van der Waals surface area contributed by atoms with E-state index in [0.717, 1.165) is 13.1 Å². The minimum Gasteiger partial charge on any atom is -0.497 e. The number of methoxy groups -OCH3 is 2. The number of amides is 1. The summed E-state index contributed by atoms with van der Waals surface area (Å²) in [5.41, 5.74) is 2.09. The summed E-state index contributed by atoms with van der Waals surface area (Å²) in [4.78, 5) is 26.0. The number of hydrogen-bond donors (Lipinski definition) is 2. The van der Waals surface area contributed by atoms with E-state index in [9.17, 15) is 13.2 Å². The summed E-state index contributed by atoms with van der Waals surface area (Å²) >= 11 is 0. The number of aromatic nitrogens is 2. The summed E-state index contributed by atoms with van der Waals surface area (Å²) in [6.07, 6.45) is 0. The molecule has 2 heterocycles. The van der Waals surface area contributed by atoms with Crippen LogP contribution in [0.25, 0.3) is 11.0 Å². The Morgan fingerprint density at radius 3 is 1.98 bits per heavy atom. The van der Waals surface area contributed by atoms with Crippen molar-refractivity contribution in [1.82, 2.24) is 19.8 Å². The van der Waals surface area contributed by atoms with E-state index in [1.54, 1.807) is 41.3 Å². The molecule has 0 bridgehead atoms. The smallest absolute Gasteiger partial charge is 0.263 e. The molecular weight excluding hydrogens is 532 g/mol. The molecule has 0 atom stereocenters. The lowest BCUT2D eigenvalue weighted by molar-refractivity contribution is 0.0664. The Bertz CT molecular complexity index is 1620. The molecule has 2 N–H and O–H groups in total. The number of ether oxygens (including phenoxy) is 2. The van der Waals surface area contributed by atoms with Crippen LogP contribution in [0.2, 0.25) is 0 Å². The van der Waals surface area contributed by atoms with Crippen molar-refractivity contribution < 1.29 is 22.7 Å². The molecule has 40 heavy (non-hydrogen) atoms. The number of likely N-dealkylation sites (N-methyl/N-ethyl adjacent to an activating group) is 1. The van der Waals surface area contributed by atoms with Crippen LogP contribution in [0.5, 0.6) is 11.5 Å². The number of nitrogens with one attached hydrogen (secondary N) is 2. The summed E-state index contributed by atoms with van der Waals surface area (Å²) in [5.74, 6) is 1.18. The maximum atomic E-state index is 13.4. The monoisotopic (exact) mass is 562 g/mol. The number of rotatable bonds is 8. The molecular formula is C28H30N6O5S. The number of nitrogens with zero attached hydrogens (tertiary/aromatic N) is 4. The molecule has 208 valence electrons. The Balaban J connectivity index is 1.43. The molecule has 1 aliphatic heterocycles. The van der Waals surface area contributed by atoms with E-state index in [4.69, 9.17) is 9.47 Å². The van der Waals surface area contributed by atoms with E-state index >= 15 is 0 Å². The van der Waals surface area contributed by atoms with Crippen LogP contribution < -0.4 is 19.5 Å². The number of para-hydroxylation sites is 2. The highest BCUT2D eigenvalue weighted by Gasteiger charge is 2.23. The number of carbonyl (C=O) groups is 1. The molecule has 1 saturated heterocycles. The van der Waals surface area contributed by atoms with E-state index in [0.29, 0.717) is 46.9 Å². The van der Waals surface area contributed by atoms with Crippen molar-refractivity contribution >= 4 is 44.3 Å². The van der Waals surface area contributed by atoms with Crippen LogP contribution in [0.3, 0.4) is 0 Å². The SMILES string of the molecule is COc1cc(Nc2nc3ccccc3nc2NS(=O)(=O)c2ccc(C(=O)N3CCN(C)CC3)cc2)cc(OC)c1. The van der Waals surface area contributed by atoms with Crippen LogP contribution in [0.4, 0.5) is 17.3 Å². The van der Waals surface area contributed by atoms with Gasteiger partial charge in [0.25, 0.3) is 15.9 Å². The lowest BCUT2D eigenvalue weighted by atomic mass is 10.2. The van der Waals surface area contributed by atoms with Crippen LogP contribution >= 0.6 is 0 Å². The summed E-state index contributed by atoms with van der Waals surface area (Å²) in [5, 5.41) is 3.14. The van der Waals surface area contributed by atoms with Crippen molar-refractivity contribution in [1.29, 1.82) is 0 Å². The van der Waals surface area contributed by atoms with Crippen molar-refractivity contribution in [2.45, 2.75) is 4.90 Å². The van der Waals surface area contributed by atoms with Gasteiger partial charge in [-0.25, -0.2) is 18.4 Å². The molecule has 1 aromatic heterocycles. The molecule has 0 unspecified atom stereocenters. The minimum absolute atomic E-state index is 0.00798. The fourth-order valence-corrected chi connectivity index (χ4v) is 5.34.